The van der Waals surface area contributed by atoms with Crippen LogP contribution in [0.3, 0.4) is 0 Å². The maximum absolute atomic E-state index is 11.9. The van der Waals surface area contributed by atoms with E-state index < -0.39 is 5.60 Å². The molecule has 0 spiro atoms. The van der Waals surface area contributed by atoms with Crippen molar-refractivity contribution in [2.24, 2.45) is 28.6 Å². The van der Waals surface area contributed by atoms with Crippen LogP contribution < -0.4 is 0 Å². The number of terminal acetylenes is 1. The molecule has 0 aromatic rings. The van der Waals surface area contributed by atoms with E-state index in [2.05, 4.69) is 32.4 Å². The van der Waals surface area contributed by atoms with Gasteiger partial charge in [0.15, 0.2) is 5.60 Å². The van der Waals surface area contributed by atoms with Gasteiger partial charge in [-0.25, -0.2) is 0 Å². The van der Waals surface area contributed by atoms with Gasteiger partial charge in [-0.05, 0) is 60.8 Å². The van der Waals surface area contributed by atoms with E-state index in [9.17, 15) is 9.90 Å². The Morgan fingerprint density at radius 1 is 1.33 bits per heavy atom. The van der Waals surface area contributed by atoms with Crippen molar-refractivity contribution in [2.75, 3.05) is 0 Å². The maximum Gasteiger partial charge on any atom is 0.152 e. The van der Waals surface area contributed by atoms with E-state index in [0.717, 1.165) is 44.1 Å². The molecule has 4 rings (SSSR count). The van der Waals surface area contributed by atoms with Gasteiger partial charge in [0, 0.05) is 18.3 Å². The van der Waals surface area contributed by atoms with Crippen LogP contribution >= 0.6 is 0 Å². The van der Waals surface area contributed by atoms with Crippen molar-refractivity contribution in [3.05, 3.63) is 23.8 Å². The van der Waals surface area contributed by atoms with Gasteiger partial charge < -0.3 is 5.11 Å². The molecule has 4 aliphatic rings. The number of Topliss-reactive ketones (excluding diaryl/α,β-unsaturated/α-hetero) is 1. The average molecular weight is 324 g/mol. The van der Waals surface area contributed by atoms with Gasteiger partial charge in [-0.15, -0.1) is 6.42 Å². The number of hydrogen-bond donors (Lipinski definition) is 1. The smallest absolute Gasteiger partial charge is 0.152 e. The van der Waals surface area contributed by atoms with Crippen LogP contribution in [0.25, 0.3) is 0 Å². The van der Waals surface area contributed by atoms with Crippen molar-refractivity contribution in [1.82, 2.24) is 0 Å². The molecule has 1 N–H and O–H groups in total. The van der Waals surface area contributed by atoms with E-state index in [1.165, 1.54) is 5.57 Å². The molecule has 0 heterocycles. The molecule has 0 aromatic heterocycles. The highest BCUT2D eigenvalue weighted by atomic mass is 16.3. The zero-order valence-electron chi connectivity index (χ0n) is 14.9. The van der Waals surface area contributed by atoms with E-state index in [1.54, 1.807) is 0 Å². The largest absolute Gasteiger partial charge is 0.373 e. The zero-order chi connectivity index (χ0) is 17.3. The van der Waals surface area contributed by atoms with Crippen LogP contribution in [0.4, 0.5) is 0 Å². The summed E-state index contributed by atoms with van der Waals surface area (Å²) in [6.07, 6.45) is 14.4. The number of aliphatic hydroxyl groups is 1. The van der Waals surface area contributed by atoms with Gasteiger partial charge in [0.1, 0.15) is 5.78 Å². The van der Waals surface area contributed by atoms with Gasteiger partial charge in [-0.3, -0.25) is 4.79 Å². The molecule has 6 atom stereocenters. The number of fused-ring (bicyclic) bond motifs is 5. The lowest BCUT2D eigenvalue weighted by atomic mass is 9.47. The molecule has 2 heteroatoms. The monoisotopic (exact) mass is 324 g/mol. The molecule has 0 saturated heterocycles. The highest BCUT2D eigenvalue weighted by molar-refractivity contribution is 5.82. The van der Waals surface area contributed by atoms with Crippen molar-refractivity contribution in [1.29, 1.82) is 0 Å². The van der Waals surface area contributed by atoms with Crippen molar-refractivity contribution in [2.45, 2.75) is 64.4 Å². The van der Waals surface area contributed by atoms with Crippen molar-refractivity contribution in [3.8, 4) is 12.3 Å². The number of ketones is 1. The fourth-order valence-electron chi connectivity index (χ4n) is 6.71. The predicted octanol–water partition coefficient (Wildman–Crippen LogP) is 4.05. The maximum atomic E-state index is 11.9. The van der Waals surface area contributed by atoms with Crippen LogP contribution in [0.15, 0.2) is 23.8 Å². The Balaban J connectivity index is 1.74. The minimum absolute atomic E-state index is 0.163. The molecule has 6 unspecified atom stereocenters. The second kappa shape index (κ2) is 4.85. The normalized spacial score (nSPS) is 50.4. The number of allylic oxidation sites excluding steroid dienone is 2. The standard InChI is InChI=1S/C22H28O2/c1-5-22(24)14(2)12-19-17-7-6-15-13-16(23)8-10-20(15,3)18(17)9-11-21(19,22)4/h1,6,17-19,24H,2,7-13H2,3-4H3. The second-order valence-corrected chi connectivity index (χ2v) is 9.09. The van der Waals surface area contributed by atoms with Crippen LogP contribution in [0, 0.1) is 40.9 Å². The summed E-state index contributed by atoms with van der Waals surface area (Å²) in [4.78, 5) is 11.9. The van der Waals surface area contributed by atoms with E-state index in [1.807, 2.05) is 0 Å². The molecular formula is C22H28O2. The SMILES string of the molecule is C#CC1(O)C(=C)CC2C3CC=C4CC(=O)CCC4(C)C3CCC21C. The Bertz CT molecular complexity index is 695. The van der Waals surface area contributed by atoms with Gasteiger partial charge in [0.2, 0.25) is 0 Å². The van der Waals surface area contributed by atoms with E-state index in [-0.39, 0.29) is 10.8 Å². The first kappa shape index (κ1) is 16.2. The highest BCUT2D eigenvalue weighted by Gasteiger charge is 2.64. The lowest BCUT2D eigenvalue weighted by Crippen LogP contribution is -2.54. The van der Waals surface area contributed by atoms with Gasteiger partial charge in [-0.2, -0.15) is 0 Å². The molecule has 0 aromatic carbocycles. The minimum Gasteiger partial charge on any atom is -0.373 e. The van der Waals surface area contributed by atoms with E-state index in [4.69, 9.17) is 6.42 Å². The van der Waals surface area contributed by atoms with Gasteiger partial charge in [-0.1, -0.05) is 38.0 Å². The molecule has 24 heavy (non-hydrogen) atoms. The summed E-state index contributed by atoms with van der Waals surface area (Å²) in [6.45, 7) is 8.70. The third kappa shape index (κ3) is 1.75. The first-order valence-electron chi connectivity index (χ1n) is 9.36. The third-order valence-electron chi connectivity index (χ3n) is 8.34. The van der Waals surface area contributed by atoms with Gasteiger partial charge in [0.25, 0.3) is 0 Å². The number of hydrogen-bond acceptors (Lipinski definition) is 2. The topological polar surface area (TPSA) is 37.3 Å². The number of carbonyl (C=O) groups excluding carboxylic acids is 1. The Kier molecular flexibility index (Phi) is 3.27. The molecule has 0 radical (unpaired) electrons. The van der Waals surface area contributed by atoms with Crippen molar-refractivity contribution >= 4 is 5.78 Å². The van der Waals surface area contributed by atoms with Gasteiger partial charge >= 0.3 is 0 Å². The summed E-state index contributed by atoms with van der Waals surface area (Å²) in [5, 5.41) is 11.1. The molecule has 0 aliphatic heterocycles. The molecule has 3 fully saturated rings. The fourth-order valence-corrected chi connectivity index (χ4v) is 6.71. The summed E-state index contributed by atoms with van der Waals surface area (Å²) in [6, 6.07) is 0. The quantitative estimate of drug-likeness (QED) is 0.539. The molecule has 128 valence electrons. The predicted molar refractivity (Wildman–Crippen MR) is 95.0 cm³/mol. The van der Waals surface area contributed by atoms with E-state index >= 15 is 0 Å². The van der Waals surface area contributed by atoms with Gasteiger partial charge in [0.05, 0.1) is 0 Å². The lowest BCUT2D eigenvalue weighted by Gasteiger charge is -2.57. The fraction of sp³-hybridized carbons (Fsp3) is 0.682. The summed E-state index contributed by atoms with van der Waals surface area (Å²) >= 11 is 0. The summed E-state index contributed by atoms with van der Waals surface area (Å²) in [5.41, 5.74) is 0.961. The first-order valence-corrected chi connectivity index (χ1v) is 9.36. The Labute approximate surface area is 145 Å². The minimum atomic E-state index is -1.16. The molecule has 2 nitrogen and oxygen atoms in total. The Morgan fingerprint density at radius 2 is 2.08 bits per heavy atom. The Morgan fingerprint density at radius 3 is 2.79 bits per heavy atom. The zero-order valence-corrected chi connectivity index (χ0v) is 14.9. The average Bonchev–Trinajstić information content (AvgIpc) is 2.76. The molecule has 4 aliphatic carbocycles. The van der Waals surface area contributed by atoms with Crippen LogP contribution in [0.2, 0.25) is 0 Å². The second-order valence-electron chi connectivity index (χ2n) is 9.09. The third-order valence-corrected chi connectivity index (χ3v) is 8.34. The first-order chi connectivity index (χ1) is 11.3. The molecule has 3 saturated carbocycles. The van der Waals surface area contributed by atoms with Crippen molar-refractivity contribution in [3.63, 3.8) is 0 Å². The van der Waals surface area contributed by atoms with Crippen molar-refractivity contribution < 1.29 is 9.90 Å². The van der Waals surface area contributed by atoms with Crippen LogP contribution in [0.1, 0.15) is 58.8 Å². The lowest BCUT2D eigenvalue weighted by molar-refractivity contribution is -0.123. The van der Waals surface area contributed by atoms with E-state index in [0.29, 0.717) is 30.0 Å². The summed E-state index contributed by atoms with van der Waals surface area (Å²) in [5.74, 6) is 4.64. The van der Waals surface area contributed by atoms with Crippen LogP contribution in [-0.4, -0.2) is 16.5 Å². The molecule has 0 amide bonds. The number of carbonyl (C=O) groups is 1. The number of rotatable bonds is 0. The highest BCUT2D eigenvalue weighted by Crippen LogP contribution is 2.67. The Hall–Kier alpha value is -1.33. The molecule has 0 bridgehead atoms. The molecular weight excluding hydrogens is 296 g/mol. The summed E-state index contributed by atoms with van der Waals surface area (Å²) < 4.78 is 0. The summed E-state index contributed by atoms with van der Waals surface area (Å²) in [7, 11) is 0. The van der Waals surface area contributed by atoms with Crippen LogP contribution in [0.5, 0.6) is 0 Å². The van der Waals surface area contributed by atoms with Crippen LogP contribution in [-0.2, 0) is 4.79 Å².